The largest absolute Gasteiger partial charge is 0.362 e. The third-order valence-corrected chi connectivity index (χ3v) is 1.99. The van der Waals surface area contributed by atoms with Gasteiger partial charge >= 0.3 is 0 Å². The third kappa shape index (κ3) is 2.67. The summed E-state index contributed by atoms with van der Waals surface area (Å²) in [6, 6.07) is 1.74. The monoisotopic (exact) mass is 238 g/mol. The minimum Gasteiger partial charge on any atom is -0.362 e. The summed E-state index contributed by atoms with van der Waals surface area (Å²) in [6.07, 6.45) is 1.03. The van der Waals surface area contributed by atoms with Gasteiger partial charge in [0.2, 0.25) is 5.95 Å². The number of nitrogens with one attached hydrogen (secondary N) is 2. The van der Waals surface area contributed by atoms with Gasteiger partial charge in [0.25, 0.3) is 0 Å². The molecule has 0 unspecified atom stereocenters. The maximum Gasteiger partial charge on any atom is 0.239 e. The standard InChI is InChI=1S/C9H11FN6O/c1-5-2-6(16-17-5)3-12-8-7(10)4-13-9(14-8)15-11/h2,4H,3,11H2,1H3,(H2,12,13,14,15). The lowest BCUT2D eigenvalue weighted by molar-refractivity contribution is 0.391. The molecular formula is C9H11FN6O. The molecule has 0 aromatic carbocycles. The minimum absolute atomic E-state index is 0.0496. The van der Waals surface area contributed by atoms with Crippen LogP contribution in [0.4, 0.5) is 16.2 Å². The van der Waals surface area contributed by atoms with Crippen molar-refractivity contribution in [1.82, 2.24) is 15.1 Å². The van der Waals surface area contributed by atoms with Gasteiger partial charge in [-0.3, -0.25) is 5.43 Å². The number of aromatic nitrogens is 3. The Balaban J connectivity index is 2.07. The van der Waals surface area contributed by atoms with Gasteiger partial charge in [-0.05, 0) is 6.92 Å². The highest BCUT2D eigenvalue weighted by molar-refractivity contribution is 5.40. The van der Waals surface area contributed by atoms with E-state index in [1.807, 2.05) is 0 Å². The van der Waals surface area contributed by atoms with E-state index in [0.717, 1.165) is 6.20 Å². The average molecular weight is 238 g/mol. The molecular weight excluding hydrogens is 227 g/mol. The van der Waals surface area contributed by atoms with Crippen LogP contribution in [0.15, 0.2) is 16.8 Å². The van der Waals surface area contributed by atoms with E-state index >= 15 is 0 Å². The van der Waals surface area contributed by atoms with Crippen LogP contribution in [0.25, 0.3) is 0 Å². The first-order valence-corrected chi connectivity index (χ1v) is 4.84. The van der Waals surface area contributed by atoms with Crippen molar-refractivity contribution in [2.45, 2.75) is 13.5 Å². The van der Waals surface area contributed by atoms with Gasteiger partial charge in [-0.1, -0.05) is 5.16 Å². The Morgan fingerprint density at radius 3 is 3.00 bits per heavy atom. The van der Waals surface area contributed by atoms with E-state index in [0.29, 0.717) is 18.0 Å². The second-order valence-corrected chi connectivity index (χ2v) is 3.32. The molecule has 0 saturated heterocycles. The summed E-state index contributed by atoms with van der Waals surface area (Å²) < 4.78 is 18.2. The average Bonchev–Trinajstić information content (AvgIpc) is 2.74. The highest BCUT2D eigenvalue weighted by atomic mass is 19.1. The van der Waals surface area contributed by atoms with Crippen molar-refractivity contribution in [2.75, 3.05) is 10.7 Å². The topological polar surface area (TPSA) is 102 Å². The number of anilines is 2. The summed E-state index contributed by atoms with van der Waals surface area (Å²) in [4.78, 5) is 7.44. The molecule has 2 aromatic heterocycles. The lowest BCUT2D eigenvalue weighted by atomic mass is 10.4. The summed E-state index contributed by atoms with van der Waals surface area (Å²) in [7, 11) is 0. The van der Waals surface area contributed by atoms with Gasteiger partial charge in [0.05, 0.1) is 12.7 Å². The number of nitrogens with two attached hydrogens (primary N) is 1. The molecule has 0 aliphatic rings. The summed E-state index contributed by atoms with van der Waals surface area (Å²) >= 11 is 0. The molecule has 2 aromatic rings. The van der Waals surface area contributed by atoms with Crippen LogP contribution in [-0.2, 0) is 6.54 Å². The zero-order valence-electron chi connectivity index (χ0n) is 9.07. The fourth-order valence-electron chi connectivity index (χ4n) is 1.24. The van der Waals surface area contributed by atoms with E-state index in [1.54, 1.807) is 13.0 Å². The smallest absolute Gasteiger partial charge is 0.239 e. The van der Waals surface area contributed by atoms with E-state index in [9.17, 15) is 4.39 Å². The van der Waals surface area contributed by atoms with Crippen LogP contribution in [-0.4, -0.2) is 15.1 Å². The molecule has 0 bridgehead atoms. The number of halogens is 1. The fraction of sp³-hybridized carbons (Fsp3) is 0.222. The van der Waals surface area contributed by atoms with Gasteiger partial charge in [0.15, 0.2) is 11.6 Å². The molecule has 4 N–H and O–H groups in total. The Morgan fingerprint density at radius 1 is 1.53 bits per heavy atom. The van der Waals surface area contributed by atoms with Crippen molar-refractivity contribution in [3.63, 3.8) is 0 Å². The van der Waals surface area contributed by atoms with Gasteiger partial charge in [-0.15, -0.1) is 0 Å². The van der Waals surface area contributed by atoms with E-state index in [1.165, 1.54) is 0 Å². The Morgan fingerprint density at radius 2 is 2.35 bits per heavy atom. The Hall–Kier alpha value is -2.22. The normalized spacial score (nSPS) is 10.3. The highest BCUT2D eigenvalue weighted by Crippen LogP contribution is 2.12. The number of hydrogen-bond donors (Lipinski definition) is 3. The molecule has 90 valence electrons. The Kier molecular flexibility index (Phi) is 3.15. The van der Waals surface area contributed by atoms with Crippen molar-refractivity contribution in [2.24, 2.45) is 5.84 Å². The molecule has 7 nitrogen and oxygen atoms in total. The first-order valence-electron chi connectivity index (χ1n) is 4.84. The predicted molar refractivity (Wildman–Crippen MR) is 58.4 cm³/mol. The van der Waals surface area contributed by atoms with Crippen LogP contribution < -0.4 is 16.6 Å². The van der Waals surface area contributed by atoms with Crippen LogP contribution in [0.3, 0.4) is 0 Å². The van der Waals surface area contributed by atoms with E-state index in [-0.39, 0.29) is 11.8 Å². The van der Waals surface area contributed by atoms with Crippen molar-refractivity contribution in [3.05, 3.63) is 29.5 Å². The zero-order valence-corrected chi connectivity index (χ0v) is 9.07. The van der Waals surface area contributed by atoms with Gasteiger partial charge in [-0.2, -0.15) is 4.98 Å². The van der Waals surface area contributed by atoms with Crippen LogP contribution in [0, 0.1) is 12.7 Å². The SMILES string of the molecule is Cc1cc(CNc2nc(NN)ncc2F)no1. The lowest BCUT2D eigenvalue weighted by Crippen LogP contribution is -2.13. The van der Waals surface area contributed by atoms with E-state index in [4.69, 9.17) is 10.4 Å². The first kappa shape index (κ1) is 11.3. The molecule has 2 rings (SSSR count). The molecule has 8 heteroatoms. The molecule has 0 fully saturated rings. The second-order valence-electron chi connectivity index (χ2n) is 3.32. The third-order valence-electron chi connectivity index (χ3n) is 1.99. The number of hydrogen-bond acceptors (Lipinski definition) is 7. The molecule has 0 amide bonds. The maximum absolute atomic E-state index is 13.3. The van der Waals surface area contributed by atoms with Gasteiger partial charge < -0.3 is 9.84 Å². The Bertz CT molecular complexity index is 514. The van der Waals surface area contributed by atoms with Crippen molar-refractivity contribution >= 4 is 11.8 Å². The summed E-state index contributed by atoms with van der Waals surface area (Å²) in [5.74, 6) is 5.43. The molecule has 0 saturated carbocycles. The Labute approximate surface area is 96.2 Å². The number of nitrogen functional groups attached to an aromatic ring is 1. The first-order chi connectivity index (χ1) is 8.19. The summed E-state index contributed by atoms with van der Waals surface area (Å²) in [5.41, 5.74) is 2.89. The number of nitrogens with zero attached hydrogens (tertiary/aromatic N) is 3. The molecule has 0 atom stereocenters. The number of hydrazine groups is 1. The molecule has 0 radical (unpaired) electrons. The molecule has 0 aliphatic carbocycles. The maximum atomic E-state index is 13.3. The molecule has 17 heavy (non-hydrogen) atoms. The van der Waals surface area contributed by atoms with Gasteiger partial charge in [0.1, 0.15) is 11.5 Å². The minimum atomic E-state index is -0.566. The summed E-state index contributed by atoms with van der Waals surface area (Å²) in [5, 5.41) is 6.53. The van der Waals surface area contributed by atoms with Crippen LogP contribution in [0.5, 0.6) is 0 Å². The van der Waals surface area contributed by atoms with Crippen molar-refractivity contribution in [1.29, 1.82) is 0 Å². The van der Waals surface area contributed by atoms with Crippen molar-refractivity contribution in [3.8, 4) is 0 Å². The van der Waals surface area contributed by atoms with Crippen LogP contribution >= 0.6 is 0 Å². The molecule has 0 aliphatic heterocycles. The zero-order chi connectivity index (χ0) is 12.3. The van der Waals surface area contributed by atoms with E-state index < -0.39 is 5.82 Å². The predicted octanol–water partition coefficient (Wildman–Crippen LogP) is 0.810. The quantitative estimate of drug-likeness (QED) is 0.535. The number of aryl methyl sites for hydroxylation is 1. The number of rotatable bonds is 4. The fourth-order valence-corrected chi connectivity index (χ4v) is 1.24. The second kappa shape index (κ2) is 4.74. The van der Waals surface area contributed by atoms with Crippen LogP contribution in [0.1, 0.15) is 11.5 Å². The lowest BCUT2D eigenvalue weighted by Gasteiger charge is -2.05. The van der Waals surface area contributed by atoms with E-state index in [2.05, 4.69) is 25.9 Å². The van der Waals surface area contributed by atoms with Gasteiger partial charge in [0, 0.05) is 6.07 Å². The van der Waals surface area contributed by atoms with Crippen molar-refractivity contribution < 1.29 is 8.91 Å². The van der Waals surface area contributed by atoms with Crippen LogP contribution in [0.2, 0.25) is 0 Å². The highest BCUT2D eigenvalue weighted by Gasteiger charge is 2.07. The van der Waals surface area contributed by atoms with Gasteiger partial charge in [-0.25, -0.2) is 15.2 Å². The molecule has 2 heterocycles. The molecule has 0 spiro atoms. The summed E-state index contributed by atoms with van der Waals surface area (Å²) in [6.45, 7) is 2.08.